The number of allylic oxidation sites excluding steroid dienone is 2. The SMILES string of the molecule is C=C1NC2=C(C(=O)CCC2)C(c2ccc(SC)cc2)C1C(=O)OCC1CCCO1. The van der Waals surface area contributed by atoms with Crippen molar-refractivity contribution in [2.24, 2.45) is 5.92 Å². The summed E-state index contributed by atoms with van der Waals surface area (Å²) in [4.78, 5) is 27.2. The van der Waals surface area contributed by atoms with E-state index in [1.807, 2.05) is 30.5 Å². The minimum Gasteiger partial charge on any atom is -0.462 e. The normalized spacial score (nSPS) is 26.9. The number of ketones is 1. The average Bonchev–Trinajstić information content (AvgIpc) is 3.25. The first-order valence-corrected chi connectivity index (χ1v) is 11.4. The van der Waals surface area contributed by atoms with Crippen molar-refractivity contribution in [2.45, 2.75) is 49.0 Å². The van der Waals surface area contributed by atoms with E-state index < -0.39 is 5.92 Å². The van der Waals surface area contributed by atoms with Gasteiger partial charge in [0.2, 0.25) is 0 Å². The number of rotatable bonds is 5. The van der Waals surface area contributed by atoms with E-state index in [1.165, 1.54) is 0 Å². The van der Waals surface area contributed by atoms with Crippen molar-refractivity contribution in [3.05, 3.63) is 53.4 Å². The number of carbonyl (C=O) groups is 2. The maximum atomic E-state index is 13.1. The molecule has 6 heteroatoms. The molecule has 0 bridgehead atoms. The summed E-state index contributed by atoms with van der Waals surface area (Å²) in [6, 6.07) is 8.10. The minimum atomic E-state index is -0.627. The Labute approximate surface area is 175 Å². The molecule has 3 aliphatic rings. The minimum absolute atomic E-state index is 0.0332. The smallest absolute Gasteiger partial charge is 0.315 e. The molecule has 1 N–H and O–H groups in total. The third kappa shape index (κ3) is 4.14. The van der Waals surface area contributed by atoms with Crippen molar-refractivity contribution in [2.75, 3.05) is 19.5 Å². The van der Waals surface area contributed by atoms with Crippen LogP contribution >= 0.6 is 11.8 Å². The van der Waals surface area contributed by atoms with Crippen LogP contribution in [0.15, 0.2) is 52.7 Å². The average molecular weight is 414 g/mol. The molecule has 154 valence electrons. The molecule has 5 nitrogen and oxygen atoms in total. The quantitative estimate of drug-likeness (QED) is 0.582. The van der Waals surface area contributed by atoms with Crippen LogP contribution in [0.25, 0.3) is 0 Å². The van der Waals surface area contributed by atoms with Gasteiger partial charge in [-0.2, -0.15) is 0 Å². The highest BCUT2D eigenvalue weighted by atomic mass is 32.2. The molecule has 0 radical (unpaired) electrons. The highest BCUT2D eigenvalue weighted by Crippen LogP contribution is 2.44. The maximum absolute atomic E-state index is 13.1. The van der Waals surface area contributed by atoms with Crippen molar-refractivity contribution in [1.82, 2.24) is 5.32 Å². The summed E-state index contributed by atoms with van der Waals surface area (Å²) in [5, 5.41) is 3.26. The Kier molecular flexibility index (Phi) is 6.11. The molecule has 4 rings (SSSR count). The van der Waals surface area contributed by atoms with E-state index in [0.29, 0.717) is 12.1 Å². The zero-order valence-electron chi connectivity index (χ0n) is 16.7. The van der Waals surface area contributed by atoms with Gasteiger partial charge >= 0.3 is 5.97 Å². The number of hydrogen-bond acceptors (Lipinski definition) is 6. The van der Waals surface area contributed by atoms with Crippen LogP contribution in [-0.2, 0) is 19.1 Å². The highest BCUT2D eigenvalue weighted by molar-refractivity contribution is 7.98. The third-order valence-corrected chi connectivity index (χ3v) is 6.70. The third-order valence-electron chi connectivity index (χ3n) is 5.95. The summed E-state index contributed by atoms with van der Waals surface area (Å²) in [7, 11) is 0. The molecule has 0 saturated carbocycles. The Morgan fingerprint density at radius 3 is 2.76 bits per heavy atom. The highest BCUT2D eigenvalue weighted by Gasteiger charge is 2.44. The van der Waals surface area contributed by atoms with Gasteiger partial charge in [-0.3, -0.25) is 9.59 Å². The molecule has 0 amide bonds. The molecule has 29 heavy (non-hydrogen) atoms. The Morgan fingerprint density at radius 1 is 1.28 bits per heavy atom. The summed E-state index contributed by atoms with van der Waals surface area (Å²) in [5.41, 5.74) is 3.19. The number of thioether (sulfide) groups is 1. The Balaban J connectivity index is 1.66. The van der Waals surface area contributed by atoms with Crippen LogP contribution in [-0.4, -0.2) is 37.3 Å². The number of carbonyl (C=O) groups excluding carboxylic acids is 2. The van der Waals surface area contributed by atoms with Crippen molar-refractivity contribution < 1.29 is 19.1 Å². The zero-order valence-corrected chi connectivity index (χ0v) is 17.6. The second kappa shape index (κ2) is 8.76. The van der Waals surface area contributed by atoms with Gasteiger partial charge in [0.25, 0.3) is 0 Å². The van der Waals surface area contributed by atoms with Gasteiger partial charge in [-0.1, -0.05) is 18.7 Å². The van der Waals surface area contributed by atoms with Gasteiger partial charge in [0.05, 0.1) is 6.10 Å². The number of Topliss-reactive ketones (excluding diaryl/α,β-unsaturated/α-hetero) is 1. The van der Waals surface area contributed by atoms with Crippen LogP contribution in [0, 0.1) is 5.92 Å². The summed E-state index contributed by atoms with van der Waals surface area (Å²) in [6.45, 7) is 5.10. The van der Waals surface area contributed by atoms with Crippen LogP contribution in [0.1, 0.15) is 43.6 Å². The predicted molar refractivity (Wildman–Crippen MR) is 113 cm³/mol. The van der Waals surface area contributed by atoms with E-state index in [0.717, 1.165) is 54.0 Å². The lowest BCUT2D eigenvalue weighted by molar-refractivity contribution is -0.151. The van der Waals surface area contributed by atoms with Gasteiger partial charge in [0, 0.05) is 40.8 Å². The standard InChI is InChI=1S/C23H27NO4S/c1-14-20(23(26)28-13-16-5-4-12-27-16)21(15-8-10-17(29-2)11-9-15)22-18(24-14)6-3-7-19(22)25/h8-11,16,20-21,24H,1,3-7,12-13H2,2H3. The molecular formula is C23H27NO4S. The molecule has 1 fully saturated rings. The molecule has 1 aliphatic carbocycles. The van der Waals surface area contributed by atoms with Crippen LogP contribution in [0.3, 0.4) is 0 Å². The van der Waals surface area contributed by atoms with Crippen LogP contribution in [0.4, 0.5) is 0 Å². The zero-order chi connectivity index (χ0) is 20.4. The molecule has 3 atom stereocenters. The van der Waals surface area contributed by atoms with E-state index in [9.17, 15) is 9.59 Å². The monoisotopic (exact) mass is 413 g/mol. The fraction of sp³-hybridized carbons (Fsp3) is 0.478. The number of benzene rings is 1. The number of ether oxygens (including phenoxy) is 2. The van der Waals surface area contributed by atoms with Gasteiger partial charge in [-0.15, -0.1) is 11.8 Å². The topological polar surface area (TPSA) is 64.6 Å². The van der Waals surface area contributed by atoms with Gasteiger partial charge in [0.1, 0.15) is 12.5 Å². The van der Waals surface area contributed by atoms with E-state index >= 15 is 0 Å². The van der Waals surface area contributed by atoms with E-state index in [2.05, 4.69) is 11.9 Å². The molecule has 0 spiro atoms. The van der Waals surface area contributed by atoms with E-state index in [4.69, 9.17) is 9.47 Å². The molecule has 0 aromatic heterocycles. The summed E-state index contributed by atoms with van der Waals surface area (Å²) in [6.07, 6.45) is 6.04. The summed E-state index contributed by atoms with van der Waals surface area (Å²) >= 11 is 1.66. The van der Waals surface area contributed by atoms with Crippen LogP contribution in [0.2, 0.25) is 0 Å². The van der Waals surface area contributed by atoms with Crippen LogP contribution < -0.4 is 5.32 Å². The largest absolute Gasteiger partial charge is 0.462 e. The second-order valence-corrected chi connectivity index (χ2v) is 8.69. The first kappa shape index (κ1) is 20.2. The first-order chi connectivity index (χ1) is 14.1. The van der Waals surface area contributed by atoms with E-state index in [1.54, 1.807) is 11.8 Å². The Hall–Kier alpha value is -2.05. The van der Waals surface area contributed by atoms with Crippen molar-refractivity contribution >= 4 is 23.5 Å². The lowest BCUT2D eigenvalue weighted by Gasteiger charge is -2.38. The molecule has 3 unspecified atom stereocenters. The Bertz CT molecular complexity index is 839. The lowest BCUT2D eigenvalue weighted by atomic mass is 9.71. The van der Waals surface area contributed by atoms with Crippen molar-refractivity contribution in [3.63, 3.8) is 0 Å². The fourth-order valence-corrected chi connectivity index (χ4v) is 4.89. The second-order valence-electron chi connectivity index (χ2n) is 7.81. The molecule has 1 saturated heterocycles. The molecule has 2 heterocycles. The molecule has 1 aromatic carbocycles. The van der Waals surface area contributed by atoms with Crippen molar-refractivity contribution in [1.29, 1.82) is 0 Å². The fourth-order valence-electron chi connectivity index (χ4n) is 4.48. The molecular weight excluding hydrogens is 386 g/mol. The first-order valence-electron chi connectivity index (χ1n) is 10.2. The van der Waals surface area contributed by atoms with Gasteiger partial charge in [0.15, 0.2) is 5.78 Å². The van der Waals surface area contributed by atoms with Gasteiger partial charge < -0.3 is 14.8 Å². The molecule has 1 aromatic rings. The van der Waals surface area contributed by atoms with E-state index in [-0.39, 0.29) is 30.4 Å². The molecule has 2 aliphatic heterocycles. The summed E-state index contributed by atoms with van der Waals surface area (Å²) < 4.78 is 11.2. The Morgan fingerprint density at radius 2 is 2.07 bits per heavy atom. The van der Waals surface area contributed by atoms with Crippen molar-refractivity contribution in [3.8, 4) is 0 Å². The lowest BCUT2D eigenvalue weighted by Crippen LogP contribution is -2.41. The number of nitrogens with one attached hydrogen (secondary N) is 1. The maximum Gasteiger partial charge on any atom is 0.315 e. The summed E-state index contributed by atoms with van der Waals surface area (Å²) in [5.74, 6) is -1.22. The van der Waals surface area contributed by atoms with Gasteiger partial charge in [-0.25, -0.2) is 0 Å². The van der Waals surface area contributed by atoms with Crippen LogP contribution in [0.5, 0.6) is 0 Å². The number of hydrogen-bond donors (Lipinski definition) is 1. The van der Waals surface area contributed by atoms with Gasteiger partial charge in [-0.05, 0) is 49.6 Å². The number of esters is 1. The predicted octanol–water partition coefficient (Wildman–Crippen LogP) is 3.95.